The van der Waals surface area contributed by atoms with E-state index in [-0.39, 0.29) is 24.4 Å². The summed E-state index contributed by atoms with van der Waals surface area (Å²) < 4.78 is 5.79. The Morgan fingerprint density at radius 2 is 1.80 bits per heavy atom. The van der Waals surface area contributed by atoms with Crippen LogP contribution in [0.4, 0.5) is 5.69 Å². The van der Waals surface area contributed by atoms with Crippen LogP contribution in [0.2, 0.25) is 5.02 Å². The van der Waals surface area contributed by atoms with Crippen molar-refractivity contribution in [1.82, 2.24) is 0 Å². The van der Waals surface area contributed by atoms with Gasteiger partial charge >= 0.3 is 0 Å². The van der Waals surface area contributed by atoms with E-state index in [4.69, 9.17) is 22.1 Å². The van der Waals surface area contributed by atoms with Crippen LogP contribution in [0.5, 0.6) is 0 Å². The van der Waals surface area contributed by atoms with Crippen LogP contribution < -0.4 is 10.6 Å². The average Bonchev–Trinajstić information content (AvgIpc) is 3.11. The summed E-state index contributed by atoms with van der Waals surface area (Å²) in [7, 11) is 0. The van der Waals surface area contributed by atoms with Gasteiger partial charge in [0.15, 0.2) is 0 Å². The number of carbonyl (C=O) groups is 1. The molecule has 2 atom stereocenters. The second kappa shape index (κ2) is 9.20. The molecule has 1 fully saturated rings. The van der Waals surface area contributed by atoms with E-state index >= 15 is 0 Å². The summed E-state index contributed by atoms with van der Waals surface area (Å²) in [5, 5.41) is 0.682. The molecule has 0 aliphatic carbocycles. The van der Waals surface area contributed by atoms with Gasteiger partial charge in [0.1, 0.15) is 6.10 Å². The van der Waals surface area contributed by atoms with Gasteiger partial charge in [-0.05, 0) is 42.7 Å². The lowest BCUT2D eigenvalue weighted by molar-refractivity contribution is -0.129. The van der Waals surface area contributed by atoms with Gasteiger partial charge in [0.25, 0.3) is 5.91 Å². The number of halogens is 2. The molecule has 2 N–H and O–H groups in total. The van der Waals surface area contributed by atoms with E-state index in [2.05, 4.69) is 0 Å². The van der Waals surface area contributed by atoms with E-state index in [1.54, 1.807) is 4.90 Å². The van der Waals surface area contributed by atoms with Gasteiger partial charge in [-0.15, -0.1) is 12.4 Å². The Labute approximate surface area is 159 Å². The molecule has 4 nitrogen and oxygen atoms in total. The summed E-state index contributed by atoms with van der Waals surface area (Å²) in [4.78, 5) is 14.8. The Morgan fingerprint density at radius 1 is 1.12 bits per heavy atom. The van der Waals surface area contributed by atoms with Crippen LogP contribution >= 0.6 is 24.0 Å². The maximum atomic E-state index is 13.0. The first kappa shape index (κ1) is 19.7. The molecule has 0 bridgehead atoms. The van der Waals surface area contributed by atoms with E-state index in [1.165, 1.54) is 0 Å². The summed E-state index contributed by atoms with van der Waals surface area (Å²) in [5.74, 6) is -0.0212. The Balaban J connectivity index is 0.00000225. The molecule has 0 radical (unpaired) electrons. The molecule has 0 saturated carbocycles. The lowest BCUT2D eigenvalue weighted by Gasteiger charge is -2.26. The fourth-order valence-corrected chi connectivity index (χ4v) is 3.04. The van der Waals surface area contributed by atoms with Gasteiger partial charge in [0.2, 0.25) is 0 Å². The van der Waals surface area contributed by atoms with Crippen molar-refractivity contribution in [2.24, 2.45) is 5.73 Å². The molecule has 6 heteroatoms. The number of nitrogens with zero attached hydrogens (tertiary/aromatic N) is 1. The maximum absolute atomic E-state index is 13.0. The fraction of sp³-hybridized carbons (Fsp3) is 0.316. The molecular weight excluding hydrogens is 359 g/mol. The van der Waals surface area contributed by atoms with Gasteiger partial charge in [-0.1, -0.05) is 41.9 Å². The van der Waals surface area contributed by atoms with Crippen molar-refractivity contribution in [3.63, 3.8) is 0 Å². The molecule has 1 aliphatic rings. The molecule has 2 aromatic carbocycles. The predicted molar refractivity (Wildman–Crippen MR) is 103 cm³/mol. The zero-order chi connectivity index (χ0) is 16.9. The van der Waals surface area contributed by atoms with Gasteiger partial charge in [0, 0.05) is 17.3 Å². The number of nitrogens with two attached hydrogens (primary N) is 1. The van der Waals surface area contributed by atoms with E-state index in [0.717, 1.165) is 17.7 Å². The Hall–Kier alpha value is -1.59. The Morgan fingerprint density at radius 3 is 2.40 bits per heavy atom. The highest BCUT2D eigenvalue weighted by atomic mass is 35.5. The quantitative estimate of drug-likeness (QED) is 0.857. The maximum Gasteiger partial charge on any atom is 0.256 e. The highest BCUT2D eigenvalue weighted by Gasteiger charge is 2.33. The minimum atomic E-state index is -0.425. The third-order valence-electron chi connectivity index (χ3n) is 4.23. The van der Waals surface area contributed by atoms with Crippen molar-refractivity contribution in [3.8, 4) is 0 Å². The summed E-state index contributed by atoms with van der Waals surface area (Å²) >= 11 is 5.95. The van der Waals surface area contributed by atoms with Gasteiger partial charge < -0.3 is 15.4 Å². The van der Waals surface area contributed by atoms with Crippen LogP contribution in [-0.4, -0.2) is 24.7 Å². The third-order valence-corrected chi connectivity index (χ3v) is 4.49. The Kier molecular flexibility index (Phi) is 7.26. The fourth-order valence-electron chi connectivity index (χ4n) is 2.91. The van der Waals surface area contributed by atoms with Crippen LogP contribution in [0.15, 0.2) is 54.6 Å². The number of anilines is 1. The van der Waals surface area contributed by atoms with Crippen molar-refractivity contribution in [2.45, 2.75) is 31.6 Å². The number of amides is 1. The number of rotatable bonds is 5. The van der Waals surface area contributed by atoms with Crippen molar-refractivity contribution < 1.29 is 9.53 Å². The number of ether oxygens (including phenoxy) is 1. The summed E-state index contributed by atoms with van der Waals surface area (Å²) in [5.41, 5.74) is 7.54. The lowest BCUT2D eigenvalue weighted by Crippen LogP contribution is -2.39. The standard InChI is InChI=1S/C19H21ClN2O2.ClH/c20-15-8-6-14(7-9-15)13-22(16-4-2-1-3-5-16)19(23)18-11-10-17(12-21)24-18;/h1-9,17-18H,10-13,21H2;1H/t17-,18+;/m1./s1. The van der Waals surface area contributed by atoms with Crippen LogP contribution in [0.25, 0.3) is 0 Å². The van der Waals surface area contributed by atoms with Crippen molar-refractivity contribution in [2.75, 3.05) is 11.4 Å². The minimum Gasteiger partial charge on any atom is -0.364 e. The van der Waals surface area contributed by atoms with Crippen LogP contribution in [-0.2, 0) is 16.1 Å². The molecule has 1 aliphatic heterocycles. The zero-order valence-corrected chi connectivity index (χ0v) is 15.4. The van der Waals surface area contributed by atoms with E-state index in [0.29, 0.717) is 24.5 Å². The monoisotopic (exact) mass is 380 g/mol. The molecule has 1 amide bonds. The topological polar surface area (TPSA) is 55.6 Å². The van der Waals surface area contributed by atoms with E-state index in [9.17, 15) is 4.79 Å². The van der Waals surface area contributed by atoms with Crippen molar-refractivity contribution in [3.05, 3.63) is 65.2 Å². The molecule has 0 aromatic heterocycles. The van der Waals surface area contributed by atoms with Crippen LogP contribution in [0, 0.1) is 0 Å². The Bertz CT molecular complexity index is 680. The molecule has 0 spiro atoms. The lowest BCUT2D eigenvalue weighted by atomic mass is 10.1. The molecule has 0 unspecified atom stereocenters. The molecular formula is C19H22Cl2N2O2. The van der Waals surface area contributed by atoms with Crippen LogP contribution in [0.1, 0.15) is 18.4 Å². The zero-order valence-electron chi connectivity index (χ0n) is 13.8. The van der Waals surface area contributed by atoms with Gasteiger partial charge in [-0.2, -0.15) is 0 Å². The van der Waals surface area contributed by atoms with Gasteiger partial charge in [-0.25, -0.2) is 0 Å². The first-order valence-corrected chi connectivity index (χ1v) is 8.51. The van der Waals surface area contributed by atoms with E-state index in [1.807, 2.05) is 54.6 Å². The summed E-state index contributed by atoms with van der Waals surface area (Å²) in [6.07, 6.45) is 1.10. The van der Waals surface area contributed by atoms with Gasteiger partial charge in [0.05, 0.1) is 12.6 Å². The smallest absolute Gasteiger partial charge is 0.256 e. The van der Waals surface area contributed by atoms with Crippen molar-refractivity contribution in [1.29, 1.82) is 0 Å². The third kappa shape index (κ3) is 4.95. The second-order valence-electron chi connectivity index (χ2n) is 5.95. The first-order chi connectivity index (χ1) is 11.7. The largest absolute Gasteiger partial charge is 0.364 e. The molecule has 3 rings (SSSR count). The number of carbonyl (C=O) groups excluding carboxylic acids is 1. The number of hydrogen-bond donors (Lipinski definition) is 1. The van der Waals surface area contributed by atoms with Gasteiger partial charge in [-0.3, -0.25) is 4.79 Å². The minimum absolute atomic E-state index is 0. The first-order valence-electron chi connectivity index (χ1n) is 8.14. The molecule has 2 aromatic rings. The predicted octanol–water partition coefficient (Wildman–Crippen LogP) is 3.80. The molecule has 25 heavy (non-hydrogen) atoms. The summed E-state index contributed by atoms with van der Waals surface area (Å²) in [6.45, 7) is 0.930. The average molecular weight is 381 g/mol. The van der Waals surface area contributed by atoms with Crippen LogP contribution in [0.3, 0.4) is 0 Å². The molecule has 1 heterocycles. The second-order valence-corrected chi connectivity index (χ2v) is 6.38. The molecule has 134 valence electrons. The number of para-hydroxylation sites is 1. The number of benzene rings is 2. The normalized spacial score (nSPS) is 19.3. The summed E-state index contributed by atoms with van der Waals surface area (Å²) in [6, 6.07) is 17.2. The van der Waals surface area contributed by atoms with Crippen molar-refractivity contribution >= 4 is 35.6 Å². The highest BCUT2D eigenvalue weighted by molar-refractivity contribution is 6.30. The van der Waals surface area contributed by atoms with E-state index < -0.39 is 6.10 Å². The SMILES string of the molecule is Cl.NC[C@H]1CC[C@@H](C(=O)N(Cc2ccc(Cl)cc2)c2ccccc2)O1. The molecule has 1 saturated heterocycles. The number of hydrogen-bond acceptors (Lipinski definition) is 3. The highest BCUT2D eigenvalue weighted by Crippen LogP contribution is 2.25.